The summed E-state index contributed by atoms with van der Waals surface area (Å²) in [5, 5.41) is 6.69. The van der Waals surface area contributed by atoms with E-state index in [0.717, 1.165) is 30.8 Å². The van der Waals surface area contributed by atoms with E-state index in [1.54, 1.807) is 6.07 Å². The third-order valence-electron chi connectivity index (χ3n) is 2.61. The van der Waals surface area contributed by atoms with Gasteiger partial charge in [-0.05, 0) is 43.7 Å². The van der Waals surface area contributed by atoms with Gasteiger partial charge in [-0.1, -0.05) is 0 Å². The van der Waals surface area contributed by atoms with Crippen LogP contribution in [0.5, 0.6) is 0 Å². The fraction of sp³-hybridized carbons (Fsp3) is 0.455. The van der Waals surface area contributed by atoms with Gasteiger partial charge < -0.3 is 10.6 Å². The number of anilines is 1. The second-order valence-electron chi connectivity index (χ2n) is 3.79. The maximum atomic E-state index is 12.8. The van der Waals surface area contributed by atoms with Crippen molar-refractivity contribution >= 4 is 5.69 Å². The van der Waals surface area contributed by atoms with Gasteiger partial charge in [-0.25, -0.2) is 4.39 Å². The van der Waals surface area contributed by atoms with E-state index in [1.807, 2.05) is 13.0 Å². The number of halogens is 1. The minimum atomic E-state index is -0.169. The molecule has 0 bridgehead atoms. The number of nitrogens with one attached hydrogen (secondary N) is 2. The Balaban J connectivity index is 2.08. The maximum absolute atomic E-state index is 12.8. The second kappa shape index (κ2) is 3.96. The molecule has 0 aromatic heterocycles. The van der Waals surface area contributed by atoms with Gasteiger partial charge in [0.1, 0.15) is 5.82 Å². The summed E-state index contributed by atoms with van der Waals surface area (Å²) >= 11 is 0. The normalized spacial score (nSPS) is 21.1. The van der Waals surface area contributed by atoms with Gasteiger partial charge in [0.2, 0.25) is 0 Å². The first-order valence-electron chi connectivity index (χ1n) is 4.99. The van der Waals surface area contributed by atoms with Crippen LogP contribution in [0.4, 0.5) is 10.1 Å². The van der Waals surface area contributed by atoms with Crippen LogP contribution in [0.3, 0.4) is 0 Å². The molecule has 14 heavy (non-hydrogen) atoms. The summed E-state index contributed by atoms with van der Waals surface area (Å²) in [5.41, 5.74) is 2.01. The number of benzene rings is 1. The minimum absolute atomic E-state index is 0.169. The molecular weight excluding hydrogens is 179 g/mol. The van der Waals surface area contributed by atoms with Gasteiger partial charge in [0.15, 0.2) is 0 Å². The van der Waals surface area contributed by atoms with Gasteiger partial charge in [-0.3, -0.25) is 0 Å². The standard InChI is InChI=1S/C11H15FN2/c1-8-6-9(12)2-3-11(8)14-10-4-5-13-7-10/h2-3,6,10,13-14H,4-5,7H2,1H3. The van der Waals surface area contributed by atoms with Crippen LogP contribution in [0.25, 0.3) is 0 Å². The van der Waals surface area contributed by atoms with E-state index in [0.29, 0.717) is 6.04 Å². The van der Waals surface area contributed by atoms with E-state index in [2.05, 4.69) is 10.6 Å². The summed E-state index contributed by atoms with van der Waals surface area (Å²) in [6.45, 7) is 3.99. The molecule has 0 saturated carbocycles. The Morgan fingerprint density at radius 1 is 1.50 bits per heavy atom. The van der Waals surface area contributed by atoms with Crippen molar-refractivity contribution in [1.29, 1.82) is 0 Å². The monoisotopic (exact) mass is 194 g/mol. The van der Waals surface area contributed by atoms with Crippen LogP contribution in [0.2, 0.25) is 0 Å². The van der Waals surface area contributed by atoms with E-state index in [9.17, 15) is 4.39 Å². The van der Waals surface area contributed by atoms with Crippen LogP contribution in [0.15, 0.2) is 18.2 Å². The van der Waals surface area contributed by atoms with Crippen LogP contribution >= 0.6 is 0 Å². The van der Waals surface area contributed by atoms with Crippen molar-refractivity contribution < 1.29 is 4.39 Å². The molecule has 76 valence electrons. The molecule has 0 radical (unpaired) electrons. The van der Waals surface area contributed by atoms with Gasteiger partial charge in [0.25, 0.3) is 0 Å². The zero-order valence-corrected chi connectivity index (χ0v) is 8.31. The smallest absolute Gasteiger partial charge is 0.123 e. The fourth-order valence-corrected chi connectivity index (χ4v) is 1.79. The van der Waals surface area contributed by atoms with Crippen LogP contribution < -0.4 is 10.6 Å². The average molecular weight is 194 g/mol. The molecule has 1 unspecified atom stereocenters. The quantitative estimate of drug-likeness (QED) is 0.751. The molecule has 1 atom stereocenters. The summed E-state index contributed by atoms with van der Waals surface area (Å²) in [6.07, 6.45) is 1.14. The number of hydrogen-bond acceptors (Lipinski definition) is 2. The molecule has 0 amide bonds. The molecule has 2 N–H and O–H groups in total. The van der Waals surface area contributed by atoms with E-state index >= 15 is 0 Å². The number of hydrogen-bond donors (Lipinski definition) is 2. The summed E-state index contributed by atoms with van der Waals surface area (Å²) in [7, 11) is 0. The SMILES string of the molecule is Cc1cc(F)ccc1NC1CCNC1. The van der Waals surface area contributed by atoms with E-state index in [-0.39, 0.29) is 5.82 Å². The number of aryl methyl sites for hydroxylation is 1. The Bertz CT molecular complexity index is 319. The van der Waals surface area contributed by atoms with Gasteiger partial charge in [0.05, 0.1) is 0 Å². The molecular formula is C11H15FN2. The molecule has 1 aromatic carbocycles. The van der Waals surface area contributed by atoms with Crippen LogP contribution in [-0.2, 0) is 0 Å². The highest BCUT2D eigenvalue weighted by atomic mass is 19.1. The first-order valence-corrected chi connectivity index (χ1v) is 4.99. The Hall–Kier alpha value is -1.09. The summed E-state index contributed by atoms with van der Waals surface area (Å²) in [5.74, 6) is -0.169. The third kappa shape index (κ3) is 2.04. The second-order valence-corrected chi connectivity index (χ2v) is 3.79. The van der Waals surface area contributed by atoms with Gasteiger partial charge in [-0.2, -0.15) is 0 Å². The van der Waals surface area contributed by atoms with E-state index in [4.69, 9.17) is 0 Å². The van der Waals surface area contributed by atoms with Crippen molar-refractivity contribution in [1.82, 2.24) is 5.32 Å². The minimum Gasteiger partial charge on any atom is -0.381 e. The molecule has 1 aliphatic heterocycles. The highest BCUT2D eigenvalue weighted by Gasteiger charge is 2.14. The van der Waals surface area contributed by atoms with Crippen LogP contribution in [0, 0.1) is 12.7 Å². The first-order chi connectivity index (χ1) is 6.75. The van der Waals surface area contributed by atoms with Crippen molar-refractivity contribution in [2.24, 2.45) is 0 Å². The zero-order valence-electron chi connectivity index (χ0n) is 8.31. The molecule has 1 saturated heterocycles. The lowest BCUT2D eigenvalue weighted by atomic mass is 10.1. The molecule has 1 aliphatic rings. The largest absolute Gasteiger partial charge is 0.381 e. The molecule has 3 heteroatoms. The lowest BCUT2D eigenvalue weighted by Gasteiger charge is -2.14. The summed E-state index contributed by atoms with van der Waals surface area (Å²) < 4.78 is 12.8. The topological polar surface area (TPSA) is 24.1 Å². The molecule has 1 aromatic rings. The van der Waals surface area contributed by atoms with Crippen molar-refractivity contribution in [2.45, 2.75) is 19.4 Å². The van der Waals surface area contributed by atoms with Crippen LogP contribution in [0.1, 0.15) is 12.0 Å². The Morgan fingerprint density at radius 2 is 2.36 bits per heavy atom. The Kier molecular flexibility index (Phi) is 2.68. The molecule has 0 aliphatic carbocycles. The lowest BCUT2D eigenvalue weighted by molar-refractivity contribution is 0.626. The predicted molar refractivity (Wildman–Crippen MR) is 56.0 cm³/mol. The highest BCUT2D eigenvalue weighted by Crippen LogP contribution is 2.17. The first kappa shape index (κ1) is 9.46. The summed E-state index contributed by atoms with van der Waals surface area (Å²) in [4.78, 5) is 0. The van der Waals surface area contributed by atoms with E-state index in [1.165, 1.54) is 6.07 Å². The van der Waals surface area contributed by atoms with Gasteiger partial charge in [-0.15, -0.1) is 0 Å². The zero-order chi connectivity index (χ0) is 9.97. The molecule has 1 heterocycles. The van der Waals surface area contributed by atoms with Gasteiger partial charge >= 0.3 is 0 Å². The van der Waals surface area contributed by atoms with Crippen LogP contribution in [-0.4, -0.2) is 19.1 Å². The predicted octanol–water partition coefficient (Wildman–Crippen LogP) is 1.91. The molecule has 0 spiro atoms. The van der Waals surface area contributed by atoms with Crippen molar-refractivity contribution in [3.63, 3.8) is 0 Å². The maximum Gasteiger partial charge on any atom is 0.123 e. The third-order valence-corrected chi connectivity index (χ3v) is 2.61. The van der Waals surface area contributed by atoms with Crippen molar-refractivity contribution in [3.8, 4) is 0 Å². The van der Waals surface area contributed by atoms with Crippen molar-refractivity contribution in [2.75, 3.05) is 18.4 Å². The Morgan fingerprint density at radius 3 is 3.00 bits per heavy atom. The highest BCUT2D eigenvalue weighted by molar-refractivity contribution is 5.51. The van der Waals surface area contributed by atoms with Crippen molar-refractivity contribution in [3.05, 3.63) is 29.6 Å². The fourth-order valence-electron chi connectivity index (χ4n) is 1.79. The molecule has 1 fully saturated rings. The summed E-state index contributed by atoms with van der Waals surface area (Å²) in [6, 6.07) is 5.35. The lowest BCUT2D eigenvalue weighted by Crippen LogP contribution is -2.22. The Labute approximate surface area is 83.5 Å². The van der Waals surface area contributed by atoms with E-state index < -0.39 is 0 Å². The average Bonchev–Trinajstić information content (AvgIpc) is 2.62. The molecule has 2 rings (SSSR count). The molecule has 2 nitrogen and oxygen atoms in total. The number of rotatable bonds is 2. The van der Waals surface area contributed by atoms with Gasteiger partial charge in [0, 0.05) is 18.3 Å².